The molecule has 74 heavy (non-hydrogen) atoms. The van der Waals surface area contributed by atoms with Crippen LogP contribution in [-0.4, -0.2) is 4.70 Å². The first-order chi connectivity index (χ1) is 36.7. The van der Waals surface area contributed by atoms with Gasteiger partial charge in [0.2, 0.25) is 11.4 Å². The Morgan fingerprint density at radius 2 is 0.541 bits per heavy atom. The maximum absolute atomic E-state index is 11.9. The average molecular weight is 1020 g/mol. The van der Waals surface area contributed by atoms with Crippen molar-refractivity contribution in [2.75, 3.05) is 0 Å². The molecule has 0 saturated heterocycles. The van der Waals surface area contributed by atoms with Crippen LogP contribution in [0.15, 0.2) is 60.2 Å². The maximum atomic E-state index is 11.9. The normalized spacial score (nSPS) is 12.7. The lowest BCUT2D eigenvalue weighted by molar-refractivity contribution is -0.344. The van der Waals surface area contributed by atoms with Gasteiger partial charge in [-0.15, -0.1) is 0 Å². The molecule has 0 bridgehead atoms. The van der Waals surface area contributed by atoms with Crippen LogP contribution in [0.5, 0.6) is 0 Å². The topological polar surface area (TPSA) is 25.3 Å². The van der Waals surface area contributed by atoms with Crippen LogP contribution in [0.2, 0.25) is 0 Å². The number of hydrogen-bond donors (Lipinski definition) is 0. The van der Waals surface area contributed by atoms with Gasteiger partial charge in [-0.25, -0.2) is 4.70 Å². The zero-order valence-corrected chi connectivity index (χ0v) is 50.1. The highest BCUT2D eigenvalue weighted by molar-refractivity contribution is 5.78. The molecule has 1 aliphatic rings. The molecule has 2 aromatic carbocycles. The highest BCUT2D eigenvalue weighted by atomic mass is 15.2. The van der Waals surface area contributed by atoms with Crippen molar-refractivity contribution in [1.29, 1.82) is 0 Å². The van der Waals surface area contributed by atoms with E-state index >= 15 is 0 Å². The van der Waals surface area contributed by atoms with Gasteiger partial charge in [0, 0.05) is 22.8 Å². The summed E-state index contributed by atoms with van der Waals surface area (Å²) in [4.78, 5) is 0. The highest BCUT2D eigenvalue weighted by Crippen LogP contribution is 2.38. The molecular formula is C72H124N2. The molecule has 2 aromatic rings. The predicted molar refractivity (Wildman–Crippen MR) is 331 cm³/mol. The van der Waals surface area contributed by atoms with Crippen LogP contribution in [-0.2, 0) is 12.8 Å². The molecule has 0 unspecified atom stereocenters. The van der Waals surface area contributed by atoms with E-state index in [1.807, 2.05) is 0 Å². The van der Waals surface area contributed by atoms with Crippen LogP contribution in [0, 0.1) is 0 Å². The first-order valence-corrected chi connectivity index (χ1v) is 33.8. The summed E-state index contributed by atoms with van der Waals surface area (Å²) >= 11 is 0. The number of allylic oxidation sites excluding steroid dienone is 2. The van der Waals surface area contributed by atoms with E-state index in [9.17, 15) is 5.53 Å². The average Bonchev–Trinajstić information content (AvgIpc) is 3.75. The van der Waals surface area contributed by atoms with Crippen LogP contribution in [0.25, 0.3) is 16.9 Å². The van der Waals surface area contributed by atoms with E-state index in [1.165, 1.54) is 330 Å². The van der Waals surface area contributed by atoms with Crippen molar-refractivity contribution in [1.82, 2.24) is 0 Å². The molecule has 3 rings (SSSR count). The summed E-state index contributed by atoms with van der Waals surface area (Å²) in [5, 5.41) is 0. The van der Waals surface area contributed by atoms with Gasteiger partial charge in [0.05, 0.1) is 0 Å². The van der Waals surface area contributed by atoms with E-state index < -0.39 is 0 Å². The number of benzene rings is 2. The van der Waals surface area contributed by atoms with Crippen molar-refractivity contribution < 1.29 is 4.70 Å². The number of rotatable bonds is 55. The minimum absolute atomic E-state index is 0.933. The standard InChI is InChI=1S/C72H124N2/c1-4-7-10-12-14-16-18-20-22-24-26-28-30-32-34-36-38-40-42-44-46-48-50-52-56-66-58-54-61-68(63-66)71-65-70(60-9-6-3)72(74(71)73)69-62-55-59-67(64-69)57-53-51-49-47-45-43-41-39-37-35-33-31-29-27-25-23-21-19-17-15-13-11-8-5-2/h54-55,58-59,61-65H,4-53,56-57,60H2,1-3H3. The second-order valence-electron chi connectivity index (χ2n) is 24.0. The third kappa shape index (κ3) is 34.3. The molecule has 2 heteroatoms. The van der Waals surface area contributed by atoms with Crippen molar-refractivity contribution in [3.05, 3.63) is 88.0 Å². The monoisotopic (exact) mass is 1020 g/mol. The van der Waals surface area contributed by atoms with E-state index in [0.717, 1.165) is 54.6 Å². The Labute approximate surface area is 462 Å². The number of unbranched alkanes of at least 4 members (excludes halogenated alkanes) is 47. The SMILES string of the molecule is CCCCCCCCCCCCCCCCCCCCCCCCCCc1cccc(C2=CC(CCCC)=C(c3cccc(CCCCCCCCCCCCCCCCCCCCCCCCCC)c3)[N+]2=[N-])c1. The molecule has 0 amide bonds. The molecule has 0 N–H and O–H groups in total. The lowest BCUT2D eigenvalue weighted by Gasteiger charge is -2.12. The summed E-state index contributed by atoms with van der Waals surface area (Å²) in [6.45, 7) is 6.89. The smallest absolute Gasteiger partial charge is 0.210 e. The molecular weight excluding hydrogens is 893 g/mol. The second kappa shape index (κ2) is 48.9. The fourth-order valence-electron chi connectivity index (χ4n) is 12.0. The molecule has 0 radical (unpaired) electrons. The summed E-state index contributed by atoms with van der Waals surface area (Å²) in [5.41, 5.74) is 20.1. The van der Waals surface area contributed by atoms with Gasteiger partial charge in [-0.1, -0.05) is 347 Å². The molecule has 0 fully saturated rings. The Morgan fingerprint density at radius 3 is 0.838 bits per heavy atom. The lowest BCUT2D eigenvalue weighted by Crippen LogP contribution is -2.03. The van der Waals surface area contributed by atoms with E-state index in [1.54, 1.807) is 0 Å². The van der Waals surface area contributed by atoms with Crippen LogP contribution >= 0.6 is 0 Å². The van der Waals surface area contributed by atoms with Crippen LogP contribution in [0.1, 0.15) is 370 Å². The summed E-state index contributed by atoms with van der Waals surface area (Å²) in [5.74, 6) is 0. The number of nitrogens with zero attached hydrogens (tertiary/aromatic N) is 2. The van der Waals surface area contributed by atoms with E-state index in [0.29, 0.717) is 0 Å². The molecule has 0 spiro atoms. The van der Waals surface area contributed by atoms with Gasteiger partial charge in [-0.2, -0.15) is 0 Å². The lowest BCUT2D eigenvalue weighted by atomic mass is 9.99. The van der Waals surface area contributed by atoms with Crippen LogP contribution in [0.4, 0.5) is 0 Å². The summed E-state index contributed by atoms with van der Waals surface area (Å²) in [6.07, 6.45) is 76.5. The van der Waals surface area contributed by atoms with Gasteiger partial charge in [-0.05, 0) is 73.9 Å². The molecule has 0 aromatic heterocycles. The number of aryl methyl sites for hydroxylation is 2. The van der Waals surface area contributed by atoms with E-state index in [-0.39, 0.29) is 0 Å². The summed E-state index contributed by atoms with van der Waals surface area (Å²) in [7, 11) is 0. The molecule has 0 saturated carbocycles. The minimum Gasteiger partial charge on any atom is -0.493 e. The van der Waals surface area contributed by atoms with Crippen molar-refractivity contribution in [2.45, 2.75) is 361 Å². The fraction of sp³-hybridized carbons (Fsp3) is 0.778. The Hall–Kier alpha value is -2.48. The maximum Gasteiger partial charge on any atom is 0.210 e. The van der Waals surface area contributed by atoms with Crippen LogP contribution < -0.4 is 0 Å². The Balaban J connectivity index is 1.19. The molecule has 2 nitrogen and oxygen atoms in total. The fourth-order valence-corrected chi connectivity index (χ4v) is 12.0. The molecule has 1 aliphatic heterocycles. The van der Waals surface area contributed by atoms with Gasteiger partial charge >= 0.3 is 0 Å². The van der Waals surface area contributed by atoms with Crippen molar-refractivity contribution in [3.63, 3.8) is 0 Å². The zero-order valence-electron chi connectivity index (χ0n) is 50.1. The molecule has 0 aliphatic carbocycles. The van der Waals surface area contributed by atoms with E-state index in [2.05, 4.69) is 75.4 Å². The Morgan fingerprint density at radius 1 is 0.284 bits per heavy atom. The van der Waals surface area contributed by atoms with Crippen molar-refractivity contribution in [2.24, 2.45) is 0 Å². The van der Waals surface area contributed by atoms with Crippen LogP contribution in [0.3, 0.4) is 0 Å². The molecule has 422 valence electrons. The zero-order chi connectivity index (χ0) is 52.5. The molecule has 1 heterocycles. The number of hydrogen-bond acceptors (Lipinski definition) is 0. The van der Waals surface area contributed by atoms with Gasteiger partial charge in [0.15, 0.2) is 0 Å². The van der Waals surface area contributed by atoms with Gasteiger partial charge in [-0.3, -0.25) is 0 Å². The predicted octanol–water partition coefficient (Wildman–Crippen LogP) is 25.5. The summed E-state index contributed by atoms with van der Waals surface area (Å²) in [6, 6.07) is 18.1. The van der Waals surface area contributed by atoms with Crippen molar-refractivity contribution >= 4 is 11.4 Å². The Kier molecular flexibility index (Phi) is 43.4. The van der Waals surface area contributed by atoms with E-state index in [4.69, 9.17) is 0 Å². The van der Waals surface area contributed by atoms with Gasteiger partial charge < -0.3 is 5.53 Å². The second-order valence-corrected chi connectivity index (χ2v) is 24.0. The van der Waals surface area contributed by atoms with Crippen molar-refractivity contribution in [3.8, 4) is 0 Å². The third-order valence-electron chi connectivity index (χ3n) is 16.9. The quantitative estimate of drug-likeness (QED) is 0.0466. The molecule has 0 atom stereocenters. The largest absolute Gasteiger partial charge is 0.493 e. The summed E-state index contributed by atoms with van der Waals surface area (Å²) < 4.78 is 1.52. The van der Waals surface area contributed by atoms with Gasteiger partial charge in [0.25, 0.3) is 0 Å². The highest BCUT2D eigenvalue weighted by Gasteiger charge is 2.29. The minimum atomic E-state index is 0.933. The van der Waals surface area contributed by atoms with Gasteiger partial charge in [0.1, 0.15) is 0 Å². The first-order valence-electron chi connectivity index (χ1n) is 33.8. The first kappa shape index (κ1) is 65.8. The Bertz CT molecular complexity index is 1650. The third-order valence-corrected chi connectivity index (χ3v) is 16.9.